The Kier molecular flexibility index (Phi) is 1.30. The molecule has 0 aliphatic heterocycles. The molecule has 1 aromatic carbocycles. The van der Waals surface area contributed by atoms with Crippen LogP contribution in [0.3, 0.4) is 0 Å². The van der Waals surface area contributed by atoms with Crippen LogP contribution in [-0.2, 0) is 0 Å². The van der Waals surface area contributed by atoms with Crippen molar-refractivity contribution in [2.75, 3.05) is 0 Å². The molecule has 0 fully saturated rings. The van der Waals surface area contributed by atoms with Crippen LogP contribution in [0.1, 0.15) is 5.56 Å². The highest BCUT2D eigenvalue weighted by molar-refractivity contribution is 5.37. The lowest BCUT2D eigenvalue weighted by molar-refractivity contribution is -0.317. The second-order valence-electron chi connectivity index (χ2n) is 1.95. The second kappa shape index (κ2) is 1.97. The molecule has 1 rings (SSSR count). The summed E-state index contributed by atoms with van der Waals surface area (Å²) in [6.07, 6.45) is 0. The van der Waals surface area contributed by atoms with Gasteiger partial charge in [0.15, 0.2) is 0 Å². The van der Waals surface area contributed by atoms with Crippen LogP contribution in [0.4, 0.5) is 0 Å². The van der Waals surface area contributed by atoms with Crippen LogP contribution in [0.2, 0.25) is 0 Å². The molecule has 0 spiro atoms. The predicted octanol–water partition coefficient (Wildman–Crippen LogP) is 0.142. The summed E-state index contributed by atoms with van der Waals surface area (Å²) in [6.45, 7) is 1.78. The van der Waals surface area contributed by atoms with E-state index in [1.807, 2.05) is 0 Å². The van der Waals surface area contributed by atoms with Crippen molar-refractivity contribution < 1.29 is 10.2 Å². The van der Waals surface area contributed by atoms with Gasteiger partial charge in [0.1, 0.15) is 0 Å². The van der Waals surface area contributed by atoms with Crippen LogP contribution in [0.5, 0.6) is 11.5 Å². The quantitative estimate of drug-likeness (QED) is 0.491. The Morgan fingerprint density at radius 2 is 1.78 bits per heavy atom. The Labute approximate surface area is 53.4 Å². The summed E-state index contributed by atoms with van der Waals surface area (Å²) in [7, 11) is 0. The van der Waals surface area contributed by atoms with E-state index >= 15 is 0 Å². The fraction of sp³-hybridized carbons (Fsp3) is 0.143. The maximum atomic E-state index is 10.5. The average molecular weight is 122 g/mol. The summed E-state index contributed by atoms with van der Waals surface area (Å²) in [5.74, 6) is -0.851. The molecule has 0 bridgehead atoms. The number of benzene rings is 1. The van der Waals surface area contributed by atoms with E-state index in [-0.39, 0.29) is 0 Å². The molecular weight excluding hydrogens is 116 g/mol. The normalized spacial score (nSPS) is 9.44. The summed E-state index contributed by atoms with van der Waals surface area (Å²) in [5.41, 5.74) is 0.833. The molecule has 48 valence electrons. The predicted molar refractivity (Wildman–Crippen MR) is 30.1 cm³/mol. The van der Waals surface area contributed by atoms with Crippen LogP contribution in [-0.4, -0.2) is 0 Å². The monoisotopic (exact) mass is 122 g/mol. The molecule has 0 unspecified atom stereocenters. The van der Waals surface area contributed by atoms with E-state index in [0.29, 0.717) is 0 Å². The summed E-state index contributed by atoms with van der Waals surface area (Å²) in [6, 6.07) is 4.25. The van der Waals surface area contributed by atoms with Gasteiger partial charge in [-0.15, -0.1) is 11.5 Å². The second-order valence-corrected chi connectivity index (χ2v) is 1.95. The maximum Gasteiger partial charge on any atom is -0.0398 e. The first-order chi connectivity index (χ1) is 4.20. The molecule has 2 nitrogen and oxygen atoms in total. The van der Waals surface area contributed by atoms with Crippen molar-refractivity contribution in [3.05, 3.63) is 23.8 Å². The average Bonchev–Trinajstić information content (AvgIpc) is 1.80. The molecule has 0 saturated heterocycles. The van der Waals surface area contributed by atoms with E-state index in [1.54, 1.807) is 13.0 Å². The first-order valence-corrected chi connectivity index (χ1v) is 2.65. The van der Waals surface area contributed by atoms with Gasteiger partial charge in [0.2, 0.25) is 0 Å². The zero-order chi connectivity index (χ0) is 6.85. The first kappa shape index (κ1) is 5.95. The van der Waals surface area contributed by atoms with E-state index in [1.165, 1.54) is 12.1 Å². The minimum Gasteiger partial charge on any atom is -0.873 e. The lowest BCUT2D eigenvalue weighted by atomic mass is 10.2. The van der Waals surface area contributed by atoms with E-state index in [0.717, 1.165) is 5.56 Å². The minimum absolute atomic E-state index is 0.421. The minimum atomic E-state index is -0.430. The van der Waals surface area contributed by atoms with Gasteiger partial charge in [-0.2, -0.15) is 0 Å². The highest BCUT2D eigenvalue weighted by atomic mass is 16.3. The van der Waals surface area contributed by atoms with Gasteiger partial charge in [-0.3, -0.25) is 0 Å². The molecule has 1 aromatic rings. The highest BCUT2D eigenvalue weighted by Gasteiger charge is 1.80. The van der Waals surface area contributed by atoms with Crippen LogP contribution >= 0.6 is 0 Å². The van der Waals surface area contributed by atoms with E-state index in [2.05, 4.69) is 0 Å². The van der Waals surface area contributed by atoms with Gasteiger partial charge in [-0.25, -0.2) is 0 Å². The largest absolute Gasteiger partial charge is 0.873 e. The highest BCUT2D eigenvalue weighted by Crippen LogP contribution is 2.17. The molecule has 0 saturated carbocycles. The zero-order valence-electron chi connectivity index (χ0n) is 5.05. The molecular formula is C7H6O2-2. The van der Waals surface area contributed by atoms with Gasteiger partial charge in [0, 0.05) is 0 Å². The van der Waals surface area contributed by atoms with Crippen LogP contribution in [0, 0.1) is 6.92 Å². The third-order valence-electron chi connectivity index (χ3n) is 1.10. The Morgan fingerprint density at radius 3 is 2.22 bits per heavy atom. The Hall–Kier alpha value is -1.18. The lowest BCUT2D eigenvalue weighted by Gasteiger charge is -2.16. The fourth-order valence-corrected chi connectivity index (χ4v) is 0.615. The summed E-state index contributed by atoms with van der Waals surface area (Å²) in [4.78, 5) is 0. The summed E-state index contributed by atoms with van der Waals surface area (Å²) < 4.78 is 0. The van der Waals surface area contributed by atoms with Crippen LogP contribution < -0.4 is 10.2 Å². The third kappa shape index (κ3) is 1.13. The standard InChI is InChI=1S/C7H8O2/c1-5-2-3-6(8)7(9)4-5/h2-4,8-9H,1H3/p-2. The van der Waals surface area contributed by atoms with Gasteiger partial charge in [0.05, 0.1) is 0 Å². The van der Waals surface area contributed by atoms with Crippen LogP contribution in [0.25, 0.3) is 0 Å². The molecule has 0 aliphatic rings. The molecule has 0 radical (unpaired) electrons. The van der Waals surface area contributed by atoms with Gasteiger partial charge in [-0.05, 0) is 6.92 Å². The van der Waals surface area contributed by atoms with Crippen molar-refractivity contribution in [2.45, 2.75) is 6.92 Å². The Bertz CT molecular complexity index is 218. The van der Waals surface area contributed by atoms with Crippen molar-refractivity contribution in [2.24, 2.45) is 0 Å². The van der Waals surface area contributed by atoms with Crippen LogP contribution in [0.15, 0.2) is 18.2 Å². The van der Waals surface area contributed by atoms with Crippen molar-refractivity contribution in [3.8, 4) is 11.5 Å². The Balaban J connectivity index is 3.17. The molecule has 0 amide bonds. The van der Waals surface area contributed by atoms with Gasteiger partial charge in [0.25, 0.3) is 0 Å². The number of hydrogen-bond acceptors (Lipinski definition) is 2. The van der Waals surface area contributed by atoms with Crippen molar-refractivity contribution in [1.82, 2.24) is 0 Å². The SMILES string of the molecule is Cc1ccc([O-])c([O-])c1. The number of hydrogen-bond donors (Lipinski definition) is 0. The maximum absolute atomic E-state index is 10.5. The summed E-state index contributed by atoms with van der Waals surface area (Å²) in [5, 5.41) is 21.0. The molecule has 0 atom stereocenters. The summed E-state index contributed by atoms with van der Waals surface area (Å²) >= 11 is 0. The van der Waals surface area contributed by atoms with E-state index in [4.69, 9.17) is 0 Å². The molecule has 0 aliphatic carbocycles. The fourth-order valence-electron chi connectivity index (χ4n) is 0.615. The van der Waals surface area contributed by atoms with E-state index in [9.17, 15) is 10.2 Å². The molecule has 0 N–H and O–H groups in total. The Morgan fingerprint density at radius 1 is 1.11 bits per heavy atom. The van der Waals surface area contributed by atoms with Crippen molar-refractivity contribution in [3.63, 3.8) is 0 Å². The topological polar surface area (TPSA) is 46.1 Å². The number of aryl methyl sites for hydroxylation is 1. The van der Waals surface area contributed by atoms with Gasteiger partial charge >= 0.3 is 0 Å². The first-order valence-electron chi connectivity index (χ1n) is 2.65. The van der Waals surface area contributed by atoms with Crippen molar-refractivity contribution >= 4 is 0 Å². The smallest absolute Gasteiger partial charge is 0.0398 e. The number of rotatable bonds is 0. The lowest BCUT2D eigenvalue weighted by Crippen LogP contribution is -1.98. The van der Waals surface area contributed by atoms with Gasteiger partial charge in [-0.1, -0.05) is 23.8 Å². The molecule has 0 heterocycles. The molecule has 9 heavy (non-hydrogen) atoms. The molecule has 2 heteroatoms. The van der Waals surface area contributed by atoms with Crippen molar-refractivity contribution in [1.29, 1.82) is 0 Å². The molecule has 0 aromatic heterocycles. The third-order valence-corrected chi connectivity index (χ3v) is 1.10. The van der Waals surface area contributed by atoms with E-state index < -0.39 is 11.5 Å². The van der Waals surface area contributed by atoms with Gasteiger partial charge < -0.3 is 10.2 Å². The zero-order valence-corrected chi connectivity index (χ0v) is 5.05.